The summed E-state index contributed by atoms with van der Waals surface area (Å²) in [6.07, 6.45) is -0.0575. The second kappa shape index (κ2) is 9.98. The number of benzene rings is 2. The van der Waals surface area contributed by atoms with Gasteiger partial charge >= 0.3 is 0 Å². The van der Waals surface area contributed by atoms with Crippen molar-refractivity contribution in [1.82, 2.24) is 4.98 Å². The molecule has 12 heteroatoms. The molecule has 4 N–H and O–H groups in total. The molecule has 0 radical (unpaired) electrons. The molecule has 3 aromatic rings. The summed E-state index contributed by atoms with van der Waals surface area (Å²) in [6, 6.07) is 10.2. The summed E-state index contributed by atoms with van der Waals surface area (Å²) >= 11 is 7.22. The molecule has 0 unspecified atom stereocenters. The lowest BCUT2D eigenvalue weighted by Gasteiger charge is -2.11. The largest absolute Gasteiger partial charge is 0.494 e. The topological polar surface area (TPSA) is 140 Å². The number of thiazole rings is 1. The van der Waals surface area contributed by atoms with Gasteiger partial charge in [-0.05, 0) is 49.4 Å². The van der Waals surface area contributed by atoms with Crippen molar-refractivity contribution < 1.29 is 22.7 Å². The predicted molar refractivity (Wildman–Crippen MR) is 123 cm³/mol. The number of carbonyl (C=O) groups excluding carboxylic acids is 2. The Kier molecular flexibility index (Phi) is 7.33. The highest BCUT2D eigenvalue weighted by Crippen LogP contribution is 2.25. The number of nitrogens with one attached hydrogen (secondary N) is 2. The van der Waals surface area contributed by atoms with Crippen LogP contribution in [0.3, 0.4) is 0 Å². The Bertz CT molecular complexity index is 1240. The molecule has 0 fully saturated rings. The molecule has 0 atom stereocenters. The van der Waals surface area contributed by atoms with Crippen molar-refractivity contribution in [3.05, 3.63) is 64.1 Å². The summed E-state index contributed by atoms with van der Waals surface area (Å²) in [5.74, 6) is -0.579. The first-order chi connectivity index (χ1) is 15.2. The summed E-state index contributed by atoms with van der Waals surface area (Å²) in [4.78, 5) is 27.6. The van der Waals surface area contributed by atoms with Crippen molar-refractivity contribution in [3.63, 3.8) is 0 Å². The summed E-state index contributed by atoms with van der Waals surface area (Å²) in [7, 11) is -3.99. The zero-order valence-electron chi connectivity index (χ0n) is 16.8. The molecule has 168 valence electrons. The second-order valence-corrected chi connectivity index (χ2v) is 9.39. The van der Waals surface area contributed by atoms with Crippen molar-refractivity contribution in [1.29, 1.82) is 0 Å². The van der Waals surface area contributed by atoms with Gasteiger partial charge in [0.25, 0.3) is 15.9 Å². The van der Waals surface area contributed by atoms with E-state index in [4.69, 9.17) is 22.1 Å². The third-order valence-electron chi connectivity index (χ3n) is 4.04. The second-order valence-electron chi connectivity index (χ2n) is 6.45. The number of nitrogens with zero attached hydrogens (tertiary/aromatic N) is 1. The van der Waals surface area contributed by atoms with Gasteiger partial charge in [-0.3, -0.25) is 19.6 Å². The molecule has 1 aromatic heterocycles. The Balaban J connectivity index is 1.78. The van der Waals surface area contributed by atoms with E-state index in [-0.39, 0.29) is 27.0 Å². The fourth-order valence-corrected chi connectivity index (χ4v) is 4.63. The number of anilines is 2. The van der Waals surface area contributed by atoms with Gasteiger partial charge in [0, 0.05) is 11.1 Å². The molecule has 2 amide bonds. The number of hydrogen-bond donors (Lipinski definition) is 3. The number of sulfonamides is 1. The average Bonchev–Trinajstić information content (AvgIpc) is 3.15. The van der Waals surface area contributed by atoms with Crippen LogP contribution in [0.15, 0.2) is 52.7 Å². The molecule has 0 aliphatic heterocycles. The molecule has 2 aromatic carbocycles. The van der Waals surface area contributed by atoms with Crippen LogP contribution >= 0.6 is 22.9 Å². The lowest BCUT2D eigenvalue weighted by Crippen LogP contribution is -2.17. The zero-order valence-corrected chi connectivity index (χ0v) is 19.2. The van der Waals surface area contributed by atoms with Crippen LogP contribution in [0.25, 0.3) is 0 Å². The molecule has 9 nitrogen and oxygen atoms in total. The molecule has 0 saturated carbocycles. The van der Waals surface area contributed by atoms with Crippen LogP contribution in [0.5, 0.6) is 5.75 Å². The summed E-state index contributed by atoms with van der Waals surface area (Å²) in [5, 5.41) is 4.42. The lowest BCUT2D eigenvalue weighted by atomic mass is 10.2. The van der Waals surface area contributed by atoms with Crippen LogP contribution in [0.1, 0.15) is 23.0 Å². The number of amides is 2. The van der Waals surface area contributed by atoms with E-state index in [1.165, 1.54) is 18.2 Å². The highest BCUT2D eigenvalue weighted by atomic mass is 35.5. The molecular formula is C20H19ClN4O5S2. The first-order valence-electron chi connectivity index (χ1n) is 9.27. The van der Waals surface area contributed by atoms with Crippen LogP contribution in [0.2, 0.25) is 5.02 Å². The van der Waals surface area contributed by atoms with Crippen LogP contribution in [-0.2, 0) is 21.2 Å². The molecule has 3 rings (SSSR count). The van der Waals surface area contributed by atoms with Crippen molar-refractivity contribution >= 4 is 55.6 Å². The smallest absolute Gasteiger partial charge is 0.261 e. The number of ether oxygens (including phenoxy) is 1. The number of nitrogens with two attached hydrogens (primary N) is 1. The van der Waals surface area contributed by atoms with Gasteiger partial charge in [0.15, 0.2) is 5.13 Å². The molecule has 0 spiro atoms. The Hall–Kier alpha value is -3.15. The SMILES string of the molecule is CCOc1ccc(NS(=O)(=O)c2ccc(Cl)c(C(=O)Nc3nc(CC(N)=O)cs3)c2)cc1. The normalized spacial score (nSPS) is 11.1. The average molecular weight is 495 g/mol. The number of aromatic nitrogens is 1. The van der Waals surface area contributed by atoms with E-state index in [2.05, 4.69) is 15.0 Å². The van der Waals surface area contributed by atoms with Gasteiger partial charge < -0.3 is 10.5 Å². The molecule has 0 bridgehead atoms. The Labute approximate surface area is 193 Å². The number of rotatable bonds is 9. The quantitative estimate of drug-likeness (QED) is 0.417. The maximum Gasteiger partial charge on any atom is 0.261 e. The fourth-order valence-electron chi connectivity index (χ4n) is 2.63. The lowest BCUT2D eigenvalue weighted by molar-refractivity contribution is -0.117. The minimum atomic E-state index is -3.99. The van der Waals surface area contributed by atoms with Crippen molar-refractivity contribution in [2.24, 2.45) is 5.73 Å². The first kappa shape index (κ1) is 23.5. The van der Waals surface area contributed by atoms with Gasteiger partial charge in [0.05, 0.1) is 34.2 Å². The first-order valence-corrected chi connectivity index (χ1v) is 12.0. The van der Waals surface area contributed by atoms with Crippen molar-refractivity contribution in [2.45, 2.75) is 18.2 Å². The highest BCUT2D eigenvalue weighted by Gasteiger charge is 2.20. The Morgan fingerprint density at radius 3 is 2.56 bits per heavy atom. The van der Waals surface area contributed by atoms with E-state index in [1.54, 1.807) is 29.6 Å². The fraction of sp³-hybridized carbons (Fsp3) is 0.150. The van der Waals surface area contributed by atoms with Crippen molar-refractivity contribution in [2.75, 3.05) is 16.6 Å². The number of carbonyl (C=O) groups is 2. The summed E-state index contributed by atoms with van der Waals surface area (Å²) in [5.41, 5.74) is 5.83. The molecular weight excluding hydrogens is 476 g/mol. The van der Waals surface area contributed by atoms with E-state index >= 15 is 0 Å². The monoisotopic (exact) mass is 494 g/mol. The van der Waals surface area contributed by atoms with Gasteiger partial charge in [-0.15, -0.1) is 11.3 Å². The number of primary amides is 1. The van der Waals surface area contributed by atoms with Gasteiger partial charge in [-0.25, -0.2) is 13.4 Å². The summed E-state index contributed by atoms with van der Waals surface area (Å²) < 4.78 is 33.4. The van der Waals surface area contributed by atoms with E-state index in [1.807, 2.05) is 6.92 Å². The van der Waals surface area contributed by atoms with Gasteiger partial charge in [0.2, 0.25) is 5.91 Å². The minimum Gasteiger partial charge on any atom is -0.494 e. The van der Waals surface area contributed by atoms with Crippen LogP contribution < -0.4 is 20.5 Å². The maximum atomic E-state index is 12.8. The molecule has 0 aliphatic carbocycles. The van der Waals surface area contributed by atoms with E-state index in [0.29, 0.717) is 23.7 Å². The maximum absolute atomic E-state index is 12.8. The molecule has 0 aliphatic rings. The third-order valence-corrected chi connectivity index (χ3v) is 6.55. The Morgan fingerprint density at radius 2 is 1.91 bits per heavy atom. The Morgan fingerprint density at radius 1 is 1.19 bits per heavy atom. The van der Waals surface area contributed by atoms with Gasteiger partial charge in [-0.2, -0.15) is 0 Å². The number of halogens is 1. The van der Waals surface area contributed by atoms with E-state index in [9.17, 15) is 18.0 Å². The molecule has 0 saturated heterocycles. The summed E-state index contributed by atoms with van der Waals surface area (Å²) in [6.45, 7) is 2.34. The molecule has 32 heavy (non-hydrogen) atoms. The van der Waals surface area contributed by atoms with Crippen molar-refractivity contribution in [3.8, 4) is 5.75 Å². The van der Waals surface area contributed by atoms with E-state index in [0.717, 1.165) is 11.3 Å². The van der Waals surface area contributed by atoms with Gasteiger partial charge in [-0.1, -0.05) is 11.6 Å². The zero-order chi connectivity index (χ0) is 23.3. The minimum absolute atomic E-state index is 0.0483. The third kappa shape index (κ3) is 5.96. The van der Waals surface area contributed by atoms with Crippen LogP contribution in [-0.4, -0.2) is 31.8 Å². The molecule has 1 heterocycles. The standard InChI is InChI=1S/C20H19ClN4O5S2/c1-2-30-14-5-3-12(4-6-14)25-32(28,29)15-7-8-17(21)16(10-15)19(27)24-20-23-13(11-31-20)9-18(22)26/h3-8,10-11,25H,2,9H2,1H3,(H2,22,26)(H,23,24,27). The highest BCUT2D eigenvalue weighted by molar-refractivity contribution is 7.92. The van der Waals surface area contributed by atoms with Gasteiger partial charge in [0.1, 0.15) is 5.75 Å². The van der Waals surface area contributed by atoms with E-state index < -0.39 is 21.8 Å². The van der Waals surface area contributed by atoms with Crippen LogP contribution in [0, 0.1) is 0 Å². The van der Waals surface area contributed by atoms with Crippen LogP contribution in [0.4, 0.5) is 10.8 Å². The predicted octanol–water partition coefficient (Wildman–Crippen LogP) is 3.28. The number of hydrogen-bond acceptors (Lipinski definition) is 7.